The molecule has 0 bridgehead atoms. The summed E-state index contributed by atoms with van der Waals surface area (Å²) in [5, 5.41) is 4.84. The molecule has 1 atom stereocenters. The minimum Gasteiger partial charge on any atom is -0.298 e. The molecular weight excluding hydrogens is 432 g/mol. The van der Waals surface area contributed by atoms with E-state index in [1.807, 2.05) is 12.1 Å². The van der Waals surface area contributed by atoms with Crippen molar-refractivity contribution in [3.8, 4) is 0 Å². The van der Waals surface area contributed by atoms with Gasteiger partial charge in [-0.3, -0.25) is 30.6 Å². The minimum atomic E-state index is -0.380. The summed E-state index contributed by atoms with van der Waals surface area (Å²) in [6, 6.07) is 10.8. The standard InChI is InChI=1S/C22H22N4O3S2/c1-13-7-8-17-15(9-13)10-18(31-17)21(29)26-25-19(27)11-16-12-30-22(23-16)24-20(28)14-5-3-2-4-6-14/h2-6,10,12-13H,7-9,11H2,1H3,(H,25,27)(H,26,29)(H,23,24,28). The van der Waals surface area contributed by atoms with Gasteiger partial charge in [0.25, 0.3) is 11.8 Å². The Morgan fingerprint density at radius 2 is 1.94 bits per heavy atom. The highest BCUT2D eigenvalue weighted by Gasteiger charge is 2.21. The normalized spacial score (nSPS) is 15.1. The lowest BCUT2D eigenvalue weighted by molar-refractivity contribution is -0.121. The number of aromatic nitrogens is 1. The maximum absolute atomic E-state index is 12.4. The Hall–Kier alpha value is -3.04. The summed E-state index contributed by atoms with van der Waals surface area (Å²) in [4.78, 5) is 42.9. The van der Waals surface area contributed by atoms with E-state index in [4.69, 9.17) is 0 Å². The van der Waals surface area contributed by atoms with Crippen molar-refractivity contribution in [2.24, 2.45) is 5.92 Å². The molecule has 0 radical (unpaired) electrons. The molecule has 9 heteroatoms. The van der Waals surface area contributed by atoms with Gasteiger partial charge in [-0.25, -0.2) is 4.98 Å². The Bertz CT molecular complexity index is 1110. The fraction of sp³-hybridized carbons (Fsp3) is 0.273. The third-order valence-corrected chi connectivity index (χ3v) is 7.06. The van der Waals surface area contributed by atoms with Gasteiger partial charge in [-0.05, 0) is 48.9 Å². The Kier molecular flexibility index (Phi) is 6.43. The summed E-state index contributed by atoms with van der Waals surface area (Å²) in [6.07, 6.45) is 3.15. The van der Waals surface area contributed by atoms with Crippen LogP contribution in [0.15, 0.2) is 41.8 Å². The number of hydrazine groups is 1. The van der Waals surface area contributed by atoms with Crippen molar-refractivity contribution < 1.29 is 14.4 Å². The van der Waals surface area contributed by atoms with Gasteiger partial charge in [0, 0.05) is 15.8 Å². The number of thiophene rings is 1. The highest BCUT2D eigenvalue weighted by molar-refractivity contribution is 7.14. The van der Waals surface area contributed by atoms with E-state index in [0.717, 1.165) is 19.3 Å². The highest BCUT2D eigenvalue weighted by atomic mass is 32.1. The molecule has 0 fully saturated rings. The molecular formula is C22H22N4O3S2. The van der Waals surface area contributed by atoms with Crippen LogP contribution in [0.4, 0.5) is 5.13 Å². The monoisotopic (exact) mass is 454 g/mol. The van der Waals surface area contributed by atoms with Crippen molar-refractivity contribution in [3.63, 3.8) is 0 Å². The van der Waals surface area contributed by atoms with Crippen molar-refractivity contribution in [1.82, 2.24) is 15.8 Å². The Morgan fingerprint density at radius 3 is 2.74 bits per heavy atom. The first-order valence-electron chi connectivity index (χ1n) is 9.99. The largest absolute Gasteiger partial charge is 0.298 e. The smallest absolute Gasteiger partial charge is 0.279 e. The molecule has 1 aliphatic rings. The van der Waals surface area contributed by atoms with Crippen LogP contribution in [0.5, 0.6) is 0 Å². The van der Waals surface area contributed by atoms with E-state index in [2.05, 4.69) is 28.1 Å². The number of hydrogen-bond donors (Lipinski definition) is 3. The van der Waals surface area contributed by atoms with Gasteiger partial charge in [-0.15, -0.1) is 22.7 Å². The van der Waals surface area contributed by atoms with Crippen LogP contribution in [-0.4, -0.2) is 22.7 Å². The zero-order chi connectivity index (χ0) is 21.8. The molecule has 7 nitrogen and oxygen atoms in total. The predicted octanol–water partition coefficient (Wildman–Crippen LogP) is 3.59. The van der Waals surface area contributed by atoms with E-state index in [1.54, 1.807) is 29.6 Å². The lowest BCUT2D eigenvalue weighted by Crippen LogP contribution is -2.42. The number of nitrogens with one attached hydrogen (secondary N) is 3. The van der Waals surface area contributed by atoms with Crippen LogP contribution >= 0.6 is 22.7 Å². The van der Waals surface area contributed by atoms with E-state index in [9.17, 15) is 14.4 Å². The molecule has 4 rings (SSSR count). The summed E-state index contributed by atoms with van der Waals surface area (Å²) in [6.45, 7) is 2.22. The highest BCUT2D eigenvalue weighted by Crippen LogP contribution is 2.32. The first-order chi connectivity index (χ1) is 15.0. The Labute approximate surface area is 187 Å². The first-order valence-corrected chi connectivity index (χ1v) is 11.7. The van der Waals surface area contributed by atoms with E-state index < -0.39 is 0 Å². The molecule has 1 unspecified atom stereocenters. The Balaban J connectivity index is 1.27. The molecule has 0 saturated heterocycles. The molecule has 0 saturated carbocycles. The van der Waals surface area contributed by atoms with Gasteiger partial charge in [0.15, 0.2) is 5.13 Å². The van der Waals surface area contributed by atoms with Crippen LogP contribution in [0, 0.1) is 5.92 Å². The molecule has 0 aliphatic heterocycles. The van der Waals surface area contributed by atoms with Crippen molar-refractivity contribution in [2.45, 2.75) is 32.6 Å². The van der Waals surface area contributed by atoms with E-state index in [0.29, 0.717) is 27.2 Å². The van der Waals surface area contributed by atoms with E-state index in [1.165, 1.54) is 33.1 Å². The predicted molar refractivity (Wildman–Crippen MR) is 121 cm³/mol. The topological polar surface area (TPSA) is 100 Å². The number of rotatable bonds is 5. The van der Waals surface area contributed by atoms with Gasteiger partial charge >= 0.3 is 0 Å². The first kappa shape index (κ1) is 21.2. The van der Waals surface area contributed by atoms with Gasteiger partial charge in [-0.2, -0.15) is 0 Å². The fourth-order valence-corrected chi connectivity index (χ4v) is 5.23. The average Bonchev–Trinajstić information content (AvgIpc) is 3.39. The molecule has 0 spiro atoms. The molecule has 1 aliphatic carbocycles. The number of carbonyl (C=O) groups excluding carboxylic acids is 3. The van der Waals surface area contributed by atoms with Crippen LogP contribution in [-0.2, 0) is 24.1 Å². The SMILES string of the molecule is CC1CCc2sc(C(=O)NNC(=O)Cc3csc(NC(=O)c4ccccc4)n3)cc2C1. The van der Waals surface area contributed by atoms with Crippen LogP contribution in [0.1, 0.15) is 49.5 Å². The number of hydrogen-bond acceptors (Lipinski definition) is 6. The van der Waals surface area contributed by atoms with E-state index >= 15 is 0 Å². The van der Waals surface area contributed by atoms with Crippen LogP contribution in [0.3, 0.4) is 0 Å². The van der Waals surface area contributed by atoms with E-state index in [-0.39, 0.29) is 24.1 Å². The van der Waals surface area contributed by atoms with Gasteiger partial charge in [0.1, 0.15) is 0 Å². The summed E-state index contributed by atoms with van der Waals surface area (Å²) >= 11 is 2.74. The lowest BCUT2D eigenvalue weighted by Gasteiger charge is -2.16. The molecule has 31 heavy (non-hydrogen) atoms. The van der Waals surface area contributed by atoms with Crippen molar-refractivity contribution >= 4 is 45.5 Å². The number of benzene rings is 1. The molecule has 3 aromatic rings. The fourth-order valence-electron chi connectivity index (χ4n) is 3.42. The lowest BCUT2D eigenvalue weighted by atomic mass is 9.90. The molecule has 2 aromatic heterocycles. The summed E-state index contributed by atoms with van der Waals surface area (Å²) in [5.74, 6) is -0.312. The van der Waals surface area contributed by atoms with Crippen molar-refractivity contribution in [2.75, 3.05) is 5.32 Å². The molecule has 1 aromatic carbocycles. The third-order valence-electron chi connectivity index (χ3n) is 5.02. The quantitative estimate of drug-likeness (QED) is 0.513. The average molecular weight is 455 g/mol. The van der Waals surface area contributed by atoms with Crippen molar-refractivity contribution in [1.29, 1.82) is 0 Å². The molecule has 3 N–H and O–H groups in total. The zero-order valence-corrected chi connectivity index (χ0v) is 18.6. The summed E-state index contributed by atoms with van der Waals surface area (Å²) < 4.78 is 0. The van der Waals surface area contributed by atoms with Crippen molar-refractivity contribution in [3.05, 3.63) is 68.4 Å². The van der Waals surface area contributed by atoms with Crippen LogP contribution < -0.4 is 16.2 Å². The van der Waals surface area contributed by atoms with Gasteiger partial charge in [-0.1, -0.05) is 25.1 Å². The zero-order valence-electron chi connectivity index (χ0n) is 16.9. The van der Waals surface area contributed by atoms with Gasteiger partial charge < -0.3 is 0 Å². The summed E-state index contributed by atoms with van der Waals surface area (Å²) in [7, 11) is 0. The number of carbonyl (C=O) groups is 3. The maximum atomic E-state index is 12.4. The minimum absolute atomic E-state index is 0.00353. The second kappa shape index (κ2) is 9.40. The second-order valence-corrected chi connectivity index (χ2v) is 9.55. The molecule has 3 amide bonds. The van der Waals surface area contributed by atoms with Crippen LogP contribution in [0.2, 0.25) is 0 Å². The second-order valence-electron chi connectivity index (χ2n) is 7.55. The molecule has 2 heterocycles. The Morgan fingerprint density at radius 1 is 1.13 bits per heavy atom. The number of thiazole rings is 1. The maximum Gasteiger partial charge on any atom is 0.279 e. The van der Waals surface area contributed by atoms with Gasteiger partial charge in [0.2, 0.25) is 5.91 Å². The number of nitrogens with zero attached hydrogens (tertiary/aromatic N) is 1. The summed E-state index contributed by atoms with van der Waals surface area (Å²) in [5.41, 5.74) is 7.21. The number of anilines is 1. The van der Waals surface area contributed by atoms with Gasteiger partial charge in [0.05, 0.1) is 17.0 Å². The number of amides is 3. The third kappa shape index (κ3) is 5.36. The number of fused-ring (bicyclic) bond motifs is 1. The van der Waals surface area contributed by atoms with Crippen LogP contribution in [0.25, 0.3) is 0 Å². The molecule has 160 valence electrons. The number of aryl methyl sites for hydroxylation is 1.